The molecular formula is C20H14F6N2. The first-order valence-electron chi connectivity index (χ1n) is 8.15. The van der Waals surface area contributed by atoms with E-state index in [1.165, 1.54) is 24.3 Å². The van der Waals surface area contributed by atoms with E-state index in [9.17, 15) is 26.3 Å². The van der Waals surface area contributed by atoms with E-state index in [2.05, 4.69) is 4.98 Å². The van der Waals surface area contributed by atoms with Crippen LogP contribution in [0.15, 0.2) is 73.1 Å². The third kappa shape index (κ3) is 4.62. The Morgan fingerprint density at radius 1 is 0.607 bits per heavy atom. The van der Waals surface area contributed by atoms with Crippen LogP contribution < -0.4 is 4.90 Å². The number of halogens is 6. The molecule has 28 heavy (non-hydrogen) atoms. The molecule has 3 aromatic rings. The van der Waals surface area contributed by atoms with Gasteiger partial charge in [0.2, 0.25) is 0 Å². The van der Waals surface area contributed by atoms with Gasteiger partial charge in [0.1, 0.15) is 0 Å². The minimum atomic E-state index is -4.47. The maximum absolute atomic E-state index is 12.8. The molecule has 2 aromatic carbocycles. The minimum absolute atomic E-state index is 0.249. The molecule has 0 atom stereocenters. The van der Waals surface area contributed by atoms with E-state index in [1.54, 1.807) is 29.4 Å². The van der Waals surface area contributed by atoms with Gasteiger partial charge in [-0.05, 0) is 66.2 Å². The highest BCUT2D eigenvalue weighted by molar-refractivity contribution is 5.64. The van der Waals surface area contributed by atoms with Crippen molar-refractivity contribution < 1.29 is 26.3 Å². The molecule has 0 radical (unpaired) electrons. The molecule has 0 bridgehead atoms. The average molecular weight is 396 g/mol. The molecule has 2 nitrogen and oxygen atoms in total. The second-order valence-electron chi connectivity index (χ2n) is 6.03. The Bertz CT molecular complexity index is 843. The highest BCUT2D eigenvalue weighted by Gasteiger charge is 2.31. The molecule has 0 aliphatic heterocycles. The molecule has 0 unspecified atom stereocenters. The summed E-state index contributed by atoms with van der Waals surface area (Å²) in [5.41, 5.74) is 0.0454. The molecule has 3 rings (SSSR count). The lowest BCUT2D eigenvalue weighted by Gasteiger charge is -2.26. The predicted octanol–water partition coefficient (Wildman–Crippen LogP) is 6.46. The fraction of sp³-hybridized carbons (Fsp3) is 0.150. The van der Waals surface area contributed by atoms with Crippen molar-refractivity contribution >= 4 is 11.4 Å². The van der Waals surface area contributed by atoms with Crippen molar-refractivity contribution in [1.29, 1.82) is 0 Å². The van der Waals surface area contributed by atoms with E-state index in [1.807, 2.05) is 0 Å². The number of anilines is 2. The number of hydrogen-bond donors (Lipinski definition) is 0. The number of hydrogen-bond acceptors (Lipinski definition) is 2. The molecule has 1 heterocycles. The first-order chi connectivity index (χ1) is 13.1. The summed E-state index contributed by atoms with van der Waals surface area (Å²) in [6.07, 6.45) is -5.81. The van der Waals surface area contributed by atoms with Gasteiger partial charge in [-0.15, -0.1) is 0 Å². The summed E-state index contributed by atoms with van der Waals surface area (Å²) in [5.74, 6) is 0. The normalized spacial score (nSPS) is 12.1. The Morgan fingerprint density at radius 2 is 1.00 bits per heavy atom. The second-order valence-corrected chi connectivity index (χ2v) is 6.03. The molecule has 0 saturated heterocycles. The van der Waals surface area contributed by atoms with Gasteiger partial charge in [0.05, 0.1) is 11.1 Å². The lowest BCUT2D eigenvalue weighted by atomic mass is 10.1. The summed E-state index contributed by atoms with van der Waals surface area (Å²) < 4.78 is 76.9. The van der Waals surface area contributed by atoms with Gasteiger partial charge in [0.15, 0.2) is 0 Å². The van der Waals surface area contributed by atoms with Crippen molar-refractivity contribution in [3.8, 4) is 0 Å². The van der Waals surface area contributed by atoms with Crippen LogP contribution in [-0.4, -0.2) is 4.98 Å². The summed E-state index contributed by atoms with van der Waals surface area (Å²) in [5, 5.41) is 0. The van der Waals surface area contributed by atoms with Gasteiger partial charge in [0, 0.05) is 30.3 Å². The van der Waals surface area contributed by atoms with Crippen LogP contribution in [0.5, 0.6) is 0 Å². The summed E-state index contributed by atoms with van der Waals surface area (Å²) in [6.45, 7) is 0.249. The van der Waals surface area contributed by atoms with Crippen molar-refractivity contribution in [2.45, 2.75) is 18.9 Å². The third-order valence-electron chi connectivity index (χ3n) is 4.10. The lowest BCUT2D eigenvalue weighted by molar-refractivity contribution is -0.138. The van der Waals surface area contributed by atoms with Crippen LogP contribution in [0.2, 0.25) is 0 Å². The van der Waals surface area contributed by atoms with E-state index in [0.29, 0.717) is 11.4 Å². The first kappa shape index (κ1) is 19.7. The zero-order chi connectivity index (χ0) is 20.4. The van der Waals surface area contributed by atoms with Crippen LogP contribution in [-0.2, 0) is 18.9 Å². The van der Waals surface area contributed by atoms with Crippen molar-refractivity contribution in [2.75, 3.05) is 4.90 Å². The van der Waals surface area contributed by atoms with Crippen molar-refractivity contribution in [3.05, 3.63) is 89.7 Å². The average Bonchev–Trinajstić information content (AvgIpc) is 2.66. The Hall–Kier alpha value is -3.03. The molecule has 1 aromatic heterocycles. The zero-order valence-corrected chi connectivity index (χ0v) is 14.3. The Kier molecular flexibility index (Phi) is 5.31. The number of pyridine rings is 1. The van der Waals surface area contributed by atoms with Crippen molar-refractivity contribution in [1.82, 2.24) is 4.98 Å². The standard InChI is InChI=1S/C20H14F6N2/c21-19(22,23)15-1-5-17(6-2-15)28(13-14-9-11-27-12-10-14)18-7-3-16(4-8-18)20(24,25)26/h1-12H,13H2. The Morgan fingerprint density at radius 3 is 1.36 bits per heavy atom. The zero-order valence-electron chi connectivity index (χ0n) is 14.3. The molecule has 146 valence electrons. The first-order valence-corrected chi connectivity index (χ1v) is 8.15. The monoisotopic (exact) mass is 396 g/mol. The van der Waals surface area contributed by atoms with Crippen molar-refractivity contribution in [3.63, 3.8) is 0 Å². The van der Waals surface area contributed by atoms with Crippen LogP contribution in [0.25, 0.3) is 0 Å². The number of rotatable bonds is 4. The SMILES string of the molecule is FC(F)(F)c1ccc(N(Cc2ccncc2)c2ccc(C(F)(F)F)cc2)cc1. The molecule has 0 fully saturated rings. The molecule has 0 amide bonds. The second kappa shape index (κ2) is 7.53. The van der Waals surface area contributed by atoms with Crippen molar-refractivity contribution in [2.24, 2.45) is 0 Å². The molecule has 0 N–H and O–H groups in total. The number of alkyl halides is 6. The van der Waals surface area contributed by atoms with Gasteiger partial charge in [-0.2, -0.15) is 26.3 Å². The van der Waals surface area contributed by atoms with Gasteiger partial charge < -0.3 is 4.90 Å². The molecular weight excluding hydrogens is 382 g/mol. The Balaban J connectivity index is 1.98. The van der Waals surface area contributed by atoms with Gasteiger partial charge >= 0.3 is 12.4 Å². The van der Waals surface area contributed by atoms with Crippen LogP contribution in [0.4, 0.5) is 37.7 Å². The fourth-order valence-electron chi connectivity index (χ4n) is 2.66. The maximum atomic E-state index is 12.8. The molecule has 0 aliphatic carbocycles. The smallest absolute Gasteiger partial charge is 0.337 e. The number of nitrogens with zero attached hydrogens (tertiary/aromatic N) is 2. The van der Waals surface area contributed by atoms with Gasteiger partial charge in [0.25, 0.3) is 0 Å². The van der Waals surface area contributed by atoms with E-state index >= 15 is 0 Å². The quantitative estimate of drug-likeness (QED) is 0.471. The van der Waals surface area contributed by atoms with Gasteiger partial charge in [-0.1, -0.05) is 0 Å². The summed E-state index contributed by atoms with van der Waals surface area (Å²) in [7, 11) is 0. The largest absolute Gasteiger partial charge is 0.416 e. The molecule has 0 spiro atoms. The summed E-state index contributed by atoms with van der Waals surface area (Å²) in [6, 6.07) is 12.4. The highest BCUT2D eigenvalue weighted by Crippen LogP contribution is 2.35. The van der Waals surface area contributed by atoms with E-state index in [-0.39, 0.29) is 6.54 Å². The summed E-state index contributed by atoms with van der Waals surface area (Å²) in [4.78, 5) is 5.54. The van der Waals surface area contributed by atoms with E-state index < -0.39 is 23.5 Å². The van der Waals surface area contributed by atoms with Gasteiger partial charge in [-0.3, -0.25) is 4.98 Å². The number of benzene rings is 2. The predicted molar refractivity (Wildman–Crippen MR) is 93.0 cm³/mol. The molecule has 8 heteroatoms. The number of aromatic nitrogens is 1. The lowest BCUT2D eigenvalue weighted by Crippen LogP contribution is -2.17. The van der Waals surface area contributed by atoms with Crippen LogP contribution in [0.1, 0.15) is 16.7 Å². The van der Waals surface area contributed by atoms with Crippen LogP contribution in [0, 0.1) is 0 Å². The van der Waals surface area contributed by atoms with Gasteiger partial charge in [-0.25, -0.2) is 0 Å². The summed E-state index contributed by atoms with van der Waals surface area (Å²) >= 11 is 0. The fourth-order valence-corrected chi connectivity index (χ4v) is 2.66. The van der Waals surface area contributed by atoms with Crippen LogP contribution >= 0.6 is 0 Å². The molecule has 0 saturated carbocycles. The Labute approximate surface area is 157 Å². The third-order valence-corrected chi connectivity index (χ3v) is 4.10. The van der Waals surface area contributed by atoms with Crippen LogP contribution in [0.3, 0.4) is 0 Å². The van der Waals surface area contributed by atoms with E-state index in [0.717, 1.165) is 29.8 Å². The highest BCUT2D eigenvalue weighted by atomic mass is 19.4. The molecule has 0 aliphatic rings. The topological polar surface area (TPSA) is 16.1 Å². The minimum Gasteiger partial charge on any atom is -0.337 e. The maximum Gasteiger partial charge on any atom is 0.416 e. The van der Waals surface area contributed by atoms with E-state index in [4.69, 9.17) is 0 Å².